The van der Waals surface area contributed by atoms with Gasteiger partial charge in [0.1, 0.15) is 0 Å². The molecule has 1 fully saturated rings. The maximum absolute atomic E-state index is 3.68. The first-order chi connectivity index (χ1) is 9.99. The van der Waals surface area contributed by atoms with E-state index in [0.29, 0.717) is 11.5 Å². The second kappa shape index (κ2) is 7.42. The quantitative estimate of drug-likeness (QED) is 0.816. The molecule has 1 saturated carbocycles. The van der Waals surface area contributed by atoms with E-state index in [1.54, 1.807) is 0 Å². The van der Waals surface area contributed by atoms with Gasteiger partial charge in [-0.3, -0.25) is 0 Å². The van der Waals surface area contributed by atoms with Gasteiger partial charge in [0.25, 0.3) is 0 Å². The highest BCUT2D eigenvalue weighted by atomic mass is 15.1. The van der Waals surface area contributed by atoms with E-state index in [2.05, 4.69) is 62.3 Å². The molecule has 2 nitrogen and oxygen atoms in total. The lowest BCUT2D eigenvalue weighted by Crippen LogP contribution is -2.43. The minimum Gasteiger partial charge on any atom is -0.314 e. The van der Waals surface area contributed by atoms with Crippen molar-refractivity contribution in [2.45, 2.75) is 59.0 Å². The third-order valence-corrected chi connectivity index (χ3v) is 4.69. The highest BCUT2D eigenvalue weighted by Crippen LogP contribution is 2.38. The van der Waals surface area contributed by atoms with Gasteiger partial charge in [-0.05, 0) is 37.8 Å². The van der Waals surface area contributed by atoms with Gasteiger partial charge in [-0.15, -0.1) is 0 Å². The van der Waals surface area contributed by atoms with E-state index in [1.807, 2.05) is 0 Å². The molecule has 0 radical (unpaired) electrons. The fraction of sp³-hybridized carbons (Fsp3) is 0.684. The molecule has 0 aromatic heterocycles. The summed E-state index contributed by atoms with van der Waals surface area (Å²) < 4.78 is 0. The van der Waals surface area contributed by atoms with Crippen molar-refractivity contribution in [3.05, 3.63) is 35.4 Å². The number of benzene rings is 1. The zero-order chi connectivity index (χ0) is 15.3. The smallest absolute Gasteiger partial charge is 0.0231 e. The van der Waals surface area contributed by atoms with Crippen molar-refractivity contribution < 1.29 is 0 Å². The van der Waals surface area contributed by atoms with Gasteiger partial charge in [0.15, 0.2) is 0 Å². The molecule has 21 heavy (non-hydrogen) atoms. The molecule has 0 atom stereocenters. The van der Waals surface area contributed by atoms with Crippen LogP contribution in [0, 0.1) is 12.3 Å². The summed E-state index contributed by atoms with van der Waals surface area (Å²) in [6.07, 6.45) is 5.56. The molecule has 2 heteroatoms. The van der Waals surface area contributed by atoms with Gasteiger partial charge in [0.2, 0.25) is 0 Å². The molecule has 1 N–H and O–H groups in total. The zero-order valence-corrected chi connectivity index (χ0v) is 14.3. The molecule has 0 saturated heterocycles. The lowest BCUT2D eigenvalue weighted by Gasteiger charge is -2.34. The normalized spacial score (nSPS) is 17.8. The number of nitrogens with zero attached hydrogens (tertiary/aromatic N) is 1. The maximum Gasteiger partial charge on any atom is 0.0231 e. The van der Waals surface area contributed by atoms with Crippen LogP contribution < -0.4 is 5.32 Å². The van der Waals surface area contributed by atoms with Crippen LogP contribution in [-0.2, 0) is 6.54 Å². The molecular weight excluding hydrogens is 256 g/mol. The molecule has 1 aliphatic carbocycles. The Morgan fingerprint density at radius 3 is 2.57 bits per heavy atom. The summed E-state index contributed by atoms with van der Waals surface area (Å²) in [6, 6.07) is 9.49. The van der Waals surface area contributed by atoms with E-state index in [4.69, 9.17) is 0 Å². The summed E-state index contributed by atoms with van der Waals surface area (Å²) in [7, 11) is 2.28. The van der Waals surface area contributed by atoms with Crippen LogP contribution in [0.15, 0.2) is 24.3 Å². The summed E-state index contributed by atoms with van der Waals surface area (Å²) >= 11 is 0. The topological polar surface area (TPSA) is 15.3 Å². The molecule has 1 aromatic rings. The average molecular weight is 288 g/mol. The Balaban J connectivity index is 1.93. The van der Waals surface area contributed by atoms with Crippen LogP contribution in [0.1, 0.15) is 50.7 Å². The minimum absolute atomic E-state index is 0.489. The van der Waals surface area contributed by atoms with Crippen molar-refractivity contribution in [3.63, 3.8) is 0 Å². The second-order valence-electron chi connectivity index (χ2n) is 7.40. The van der Waals surface area contributed by atoms with E-state index in [1.165, 1.54) is 49.9 Å². The zero-order valence-electron chi connectivity index (χ0n) is 14.3. The first-order valence-corrected chi connectivity index (χ1v) is 8.47. The molecule has 0 heterocycles. The van der Waals surface area contributed by atoms with Crippen molar-refractivity contribution in [1.29, 1.82) is 0 Å². The van der Waals surface area contributed by atoms with Crippen LogP contribution in [0.5, 0.6) is 0 Å². The highest BCUT2D eigenvalue weighted by molar-refractivity contribution is 5.22. The first kappa shape index (κ1) is 16.5. The van der Waals surface area contributed by atoms with Gasteiger partial charge in [-0.25, -0.2) is 0 Å². The standard InChI is InChI=1S/C19H32N2/c1-16(2)20-14-19(10-5-6-11-19)15-21(4)13-18-9-7-8-17(3)12-18/h7-9,12,16,20H,5-6,10-11,13-15H2,1-4H3. The van der Waals surface area contributed by atoms with E-state index >= 15 is 0 Å². The van der Waals surface area contributed by atoms with E-state index in [0.717, 1.165) is 6.54 Å². The fourth-order valence-corrected chi connectivity index (χ4v) is 3.69. The largest absolute Gasteiger partial charge is 0.314 e. The molecule has 0 aliphatic heterocycles. The molecule has 1 aromatic carbocycles. The summed E-state index contributed by atoms with van der Waals surface area (Å²) in [6.45, 7) is 10.1. The first-order valence-electron chi connectivity index (χ1n) is 8.47. The van der Waals surface area contributed by atoms with Crippen LogP contribution in [0.25, 0.3) is 0 Å². The second-order valence-corrected chi connectivity index (χ2v) is 7.40. The van der Waals surface area contributed by atoms with Crippen molar-refractivity contribution in [3.8, 4) is 0 Å². The van der Waals surface area contributed by atoms with E-state index < -0.39 is 0 Å². The maximum atomic E-state index is 3.68. The molecular formula is C19H32N2. The van der Waals surface area contributed by atoms with Crippen molar-refractivity contribution >= 4 is 0 Å². The lowest BCUT2D eigenvalue weighted by atomic mass is 9.85. The summed E-state index contributed by atoms with van der Waals surface area (Å²) in [5, 5.41) is 3.68. The number of nitrogens with one attached hydrogen (secondary N) is 1. The Kier molecular flexibility index (Phi) is 5.83. The summed E-state index contributed by atoms with van der Waals surface area (Å²) in [4.78, 5) is 2.52. The Bertz CT molecular complexity index is 433. The van der Waals surface area contributed by atoms with Gasteiger partial charge in [-0.2, -0.15) is 0 Å². The fourth-order valence-electron chi connectivity index (χ4n) is 3.69. The van der Waals surface area contributed by atoms with E-state index in [9.17, 15) is 0 Å². The predicted molar refractivity (Wildman–Crippen MR) is 91.6 cm³/mol. The van der Waals surface area contributed by atoms with Crippen molar-refractivity contribution in [2.24, 2.45) is 5.41 Å². The van der Waals surface area contributed by atoms with Gasteiger partial charge in [-0.1, -0.05) is 56.5 Å². The molecule has 118 valence electrons. The highest BCUT2D eigenvalue weighted by Gasteiger charge is 2.34. The summed E-state index contributed by atoms with van der Waals surface area (Å²) in [5.41, 5.74) is 3.28. The van der Waals surface area contributed by atoms with E-state index in [-0.39, 0.29) is 0 Å². The van der Waals surface area contributed by atoms with Crippen LogP contribution >= 0.6 is 0 Å². The SMILES string of the molecule is Cc1cccc(CN(C)CC2(CNC(C)C)CCCC2)c1. The van der Waals surface area contributed by atoms with Crippen LogP contribution in [-0.4, -0.2) is 31.1 Å². The number of rotatable bonds is 7. The molecule has 2 rings (SSSR count). The third-order valence-electron chi connectivity index (χ3n) is 4.69. The molecule has 1 aliphatic rings. The van der Waals surface area contributed by atoms with Gasteiger partial charge < -0.3 is 10.2 Å². The van der Waals surface area contributed by atoms with Crippen molar-refractivity contribution in [2.75, 3.05) is 20.1 Å². The molecule has 0 bridgehead atoms. The minimum atomic E-state index is 0.489. The third kappa shape index (κ3) is 5.12. The van der Waals surface area contributed by atoms with Crippen LogP contribution in [0.2, 0.25) is 0 Å². The van der Waals surface area contributed by atoms with Gasteiger partial charge in [0, 0.05) is 25.7 Å². The van der Waals surface area contributed by atoms with Gasteiger partial charge >= 0.3 is 0 Å². The molecule has 0 unspecified atom stereocenters. The Morgan fingerprint density at radius 1 is 1.24 bits per heavy atom. The average Bonchev–Trinajstić information content (AvgIpc) is 2.85. The molecule has 0 amide bonds. The lowest BCUT2D eigenvalue weighted by molar-refractivity contribution is 0.164. The molecule has 0 spiro atoms. The van der Waals surface area contributed by atoms with Crippen LogP contribution in [0.4, 0.5) is 0 Å². The summed E-state index contributed by atoms with van der Waals surface area (Å²) in [5.74, 6) is 0. The van der Waals surface area contributed by atoms with Gasteiger partial charge in [0.05, 0.1) is 0 Å². The van der Waals surface area contributed by atoms with Crippen LogP contribution in [0.3, 0.4) is 0 Å². The number of hydrogen-bond donors (Lipinski definition) is 1. The Labute approximate surface area is 130 Å². The number of aryl methyl sites for hydroxylation is 1. The Hall–Kier alpha value is -0.860. The Morgan fingerprint density at radius 2 is 1.95 bits per heavy atom. The monoisotopic (exact) mass is 288 g/mol. The number of hydrogen-bond acceptors (Lipinski definition) is 2. The van der Waals surface area contributed by atoms with Crippen molar-refractivity contribution in [1.82, 2.24) is 10.2 Å². The predicted octanol–water partition coefficient (Wildman–Crippen LogP) is 3.99.